The molecule has 1 saturated carbocycles. The van der Waals surface area contributed by atoms with Crippen LogP contribution in [0, 0.1) is 24.9 Å². The van der Waals surface area contributed by atoms with Crippen LogP contribution in [0.15, 0.2) is 48.5 Å². The SMILES string of the molecule is Cc1cc2cc(C(=O)O)cc(OC3OC4C(OC#CCC5CCC4(O)CC5)C(O)C3O)c2c(O)c1C(=O)CCc1ccccc1. The molecule has 10 nitrogen and oxygen atoms in total. The molecule has 0 amide bonds. The summed E-state index contributed by atoms with van der Waals surface area (Å²) >= 11 is 0. The van der Waals surface area contributed by atoms with Gasteiger partial charge in [-0.25, -0.2) is 4.79 Å². The van der Waals surface area contributed by atoms with E-state index in [1.807, 2.05) is 30.3 Å². The number of carbonyl (C=O) groups excluding carboxylic acids is 1. The number of Topliss-reactive ketones (excluding diaryl/α,β-unsaturated/α-hetero) is 1. The van der Waals surface area contributed by atoms with Crippen LogP contribution in [-0.2, 0) is 15.9 Å². The molecule has 1 aliphatic carbocycles. The van der Waals surface area contributed by atoms with E-state index in [-0.39, 0.29) is 39.9 Å². The van der Waals surface area contributed by atoms with Gasteiger partial charge in [-0.1, -0.05) is 42.3 Å². The number of aromatic hydroxyl groups is 1. The predicted molar refractivity (Wildman–Crippen MR) is 162 cm³/mol. The van der Waals surface area contributed by atoms with E-state index in [0.29, 0.717) is 50.0 Å². The minimum Gasteiger partial charge on any atom is -0.506 e. The summed E-state index contributed by atoms with van der Waals surface area (Å²) in [6.45, 7) is 1.66. The van der Waals surface area contributed by atoms with Gasteiger partial charge in [-0.05, 0) is 73.6 Å². The number of aromatic carboxylic acids is 1. The highest BCUT2D eigenvalue weighted by molar-refractivity contribution is 6.09. The minimum absolute atomic E-state index is 0.0494. The third-order valence-electron chi connectivity index (χ3n) is 9.33. The Morgan fingerprint density at radius 2 is 1.80 bits per heavy atom. The van der Waals surface area contributed by atoms with Gasteiger partial charge in [-0.2, -0.15) is 0 Å². The summed E-state index contributed by atoms with van der Waals surface area (Å²) in [5, 5.41) is 55.6. The van der Waals surface area contributed by atoms with Gasteiger partial charge in [0.05, 0.1) is 22.1 Å². The number of aliphatic hydroxyl groups excluding tert-OH is 2. The van der Waals surface area contributed by atoms with E-state index >= 15 is 0 Å². The predicted octanol–water partition coefficient (Wildman–Crippen LogP) is 3.86. The van der Waals surface area contributed by atoms with Crippen molar-refractivity contribution in [2.75, 3.05) is 0 Å². The number of ketones is 1. The number of aryl methyl sites for hydroxylation is 2. The Hall–Kier alpha value is -4.14. The lowest BCUT2D eigenvalue weighted by Gasteiger charge is -2.49. The molecule has 10 heteroatoms. The smallest absolute Gasteiger partial charge is 0.335 e. The second-order valence-electron chi connectivity index (χ2n) is 12.3. The third kappa shape index (κ3) is 5.97. The number of rotatable bonds is 7. The number of phenols is 1. The van der Waals surface area contributed by atoms with Crippen LogP contribution in [0.1, 0.15) is 70.4 Å². The lowest BCUT2D eigenvalue weighted by atomic mass is 9.72. The maximum absolute atomic E-state index is 13.4. The molecule has 3 aromatic carbocycles. The number of carboxylic acid groups (broad SMARTS) is 1. The summed E-state index contributed by atoms with van der Waals surface area (Å²) in [6, 6.07) is 13.6. The first-order chi connectivity index (χ1) is 21.6. The van der Waals surface area contributed by atoms with Crippen LogP contribution in [0.2, 0.25) is 0 Å². The molecular weight excluding hydrogens is 580 g/mol. The van der Waals surface area contributed by atoms with E-state index in [4.69, 9.17) is 14.2 Å². The first kappa shape index (κ1) is 30.9. The standard InChI is InChI=1S/C35H36O10/c1-19-16-22-17-23(33(40)41)18-25(27(22)28(37)26(19)24(36)10-9-20-6-3-2-4-7-20)44-34-30(39)29(38)31-32(45-34)35(42)13-11-21(12-14-35)8-5-15-43-31/h2-4,6-7,16-18,21,29-32,34,37-39,42H,8-14H2,1H3,(H,40,41). The van der Waals surface area contributed by atoms with Crippen LogP contribution >= 0.6 is 0 Å². The van der Waals surface area contributed by atoms with Crippen molar-refractivity contribution >= 4 is 22.5 Å². The average Bonchev–Trinajstić information content (AvgIpc) is 3.02. The van der Waals surface area contributed by atoms with Gasteiger partial charge >= 0.3 is 5.97 Å². The van der Waals surface area contributed by atoms with Gasteiger partial charge in [0.15, 0.2) is 11.9 Å². The highest BCUT2D eigenvalue weighted by atomic mass is 16.7. The van der Waals surface area contributed by atoms with Gasteiger partial charge < -0.3 is 39.7 Å². The van der Waals surface area contributed by atoms with Gasteiger partial charge in [0.25, 0.3) is 0 Å². The third-order valence-corrected chi connectivity index (χ3v) is 9.33. The first-order valence-electron chi connectivity index (χ1n) is 15.2. The second kappa shape index (κ2) is 12.3. The summed E-state index contributed by atoms with van der Waals surface area (Å²) in [4.78, 5) is 25.5. The molecule has 5 N–H and O–H groups in total. The molecule has 7 rings (SSSR count). The fraction of sp³-hybridized carbons (Fsp3) is 0.429. The Balaban J connectivity index is 1.37. The number of aliphatic hydroxyl groups is 3. The van der Waals surface area contributed by atoms with Gasteiger partial charge in [-0.15, -0.1) is 0 Å². The van der Waals surface area contributed by atoms with Crippen LogP contribution in [0.5, 0.6) is 11.5 Å². The van der Waals surface area contributed by atoms with E-state index in [2.05, 4.69) is 12.0 Å². The van der Waals surface area contributed by atoms with E-state index < -0.39 is 48.0 Å². The highest BCUT2D eigenvalue weighted by Gasteiger charge is 2.56. The number of carbonyl (C=O) groups is 2. The van der Waals surface area contributed by atoms with E-state index in [9.17, 15) is 35.1 Å². The molecular formula is C35H36O10. The van der Waals surface area contributed by atoms with Crippen molar-refractivity contribution in [2.45, 2.75) is 88.2 Å². The summed E-state index contributed by atoms with van der Waals surface area (Å²) in [7, 11) is 0. The zero-order valence-corrected chi connectivity index (χ0v) is 24.8. The second-order valence-corrected chi connectivity index (χ2v) is 12.3. The molecule has 0 aromatic heterocycles. The topological polar surface area (TPSA) is 163 Å². The first-order valence-corrected chi connectivity index (χ1v) is 15.2. The molecule has 3 aliphatic heterocycles. The Labute approximate surface area is 260 Å². The van der Waals surface area contributed by atoms with Gasteiger partial charge in [0.1, 0.15) is 35.9 Å². The number of carboxylic acids is 1. The number of phenolic OH excluding ortho intramolecular Hbond substituents is 1. The highest BCUT2D eigenvalue weighted by Crippen LogP contribution is 2.44. The number of benzene rings is 3. The van der Waals surface area contributed by atoms with Crippen molar-refractivity contribution in [1.82, 2.24) is 0 Å². The lowest BCUT2D eigenvalue weighted by Crippen LogP contribution is -2.66. The van der Waals surface area contributed by atoms with Crippen molar-refractivity contribution in [3.05, 3.63) is 70.8 Å². The number of hydrogen-bond donors (Lipinski definition) is 5. The maximum atomic E-state index is 13.4. The number of fused-ring (bicyclic) bond motifs is 5. The molecule has 4 aliphatic rings. The number of ether oxygens (including phenoxy) is 3. The fourth-order valence-electron chi connectivity index (χ4n) is 6.80. The van der Waals surface area contributed by atoms with Crippen molar-refractivity contribution in [1.29, 1.82) is 0 Å². The average molecular weight is 617 g/mol. The van der Waals surface area contributed by atoms with Crippen molar-refractivity contribution in [3.63, 3.8) is 0 Å². The quantitative estimate of drug-likeness (QED) is 0.195. The molecule has 3 heterocycles. The maximum Gasteiger partial charge on any atom is 0.335 e. The molecule has 45 heavy (non-hydrogen) atoms. The Bertz CT molecular complexity index is 1660. The van der Waals surface area contributed by atoms with Crippen LogP contribution in [-0.4, -0.2) is 73.6 Å². The molecule has 1 saturated heterocycles. The van der Waals surface area contributed by atoms with Crippen molar-refractivity contribution < 1.29 is 49.3 Å². The van der Waals surface area contributed by atoms with Gasteiger partial charge in [0.2, 0.25) is 6.29 Å². The zero-order chi connectivity index (χ0) is 31.9. The summed E-state index contributed by atoms with van der Waals surface area (Å²) in [5.41, 5.74) is -0.0774. The van der Waals surface area contributed by atoms with Crippen LogP contribution in [0.4, 0.5) is 0 Å². The van der Waals surface area contributed by atoms with E-state index in [1.165, 1.54) is 12.1 Å². The molecule has 236 valence electrons. The monoisotopic (exact) mass is 616 g/mol. The molecule has 5 unspecified atom stereocenters. The zero-order valence-electron chi connectivity index (χ0n) is 24.8. The summed E-state index contributed by atoms with van der Waals surface area (Å²) in [6.07, 6.45) is -1.29. The van der Waals surface area contributed by atoms with E-state index in [1.54, 1.807) is 13.0 Å². The van der Waals surface area contributed by atoms with Crippen LogP contribution < -0.4 is 4.74 Å². The summed E-state index contributed by atoms with van der Waals surface area (Å²) in [5.74, 6) is 1.10. The molecule has 5 atom stereocenters. The Morgan fingerprint density at radius 3 is 2.51 bits per heavy atom. The number of hydrogen-bond acceptors (Lipinski definition) is 9. The normalized spacial score (nSPS) is 29.2. The fourth-order valence-corrected chi connectivity index (χ4v) is 6.80. The Kier molecular flexibility index (Phi) is 8.46. The minimum atomic E-state index is -1.70. The van der Waals surface area contributed by atoms with Crippen molar-refractivity contribution in [2.24, 2.45) is 5.92 Å². The van der Waals surface area contributed by atoms with Crippen LogP contribution in [0.3, 0.4) is 0 Å². The van der Waals surface area contributed by atoms with Gasteiger partial charge in [0, 0.05) is 12.8 Å². The lowest BCUT2D eigenvalue weighted by molar-refractivity contribution is -0.308. The molecule has 0 radical (unpaired) electrons. The molecule has 2 bridgehead atoms. The van der Waals surface area contributed by atoms with Gasteiger partial charge in [-0.3, -0.25) is 4.79 Å². The molecule has 2 fully saturated rings. The van der Waals surface area contributed by atoms with Crippen molar-refractivity contribution in [3.8, 4) is 23.5 Å². The van der Waals surface area contributed by atoms with E-state index in [0.717, 1.165) is 5.56 Å². The summed E-state index contributed by atoms with van der Waals surface area (Å²) < 4.78 is 17.8. The van der Waals surface area contributed by atoms with Crippen LogP contribution in [0.25, 0.3) is 10.8 Å². The molecule has 0 spiro atoms. The Morgan fingerprint density at radius 1 is 1.07 bits per heavy atom. The largest absolute Gasteiger partial charge is 0.506 e. The molecule has 3 aromatic rings.